The Morgan fingerprint density at radius 1 is 1.19 bits per heavy atom. The van der Waals surface area contributed by atoms with Crippen molar-refractivity contribution in [2.75, 3.05) is 36.2 Å². The zero-order valence-corrected chi connectivity index (χ0v) is 19.8. The maximum Gasteiger partial charge on any atom is 0.275 e. The van der Waals surface area contributed by atoms with Gasteiger partial charge in [-0.3, -0.25) is 4.79 Å². The number of benzene rings is 1. The summed E-state index contributed by atoms with van der Waals surface area (Å²) >= 11 is 1.39. The van der Waals surface area contributed by atoms with Crippen molar-refractivity contribution in [3.63, 3.8) is 0 Å². The topological polar surface area (TPSA) is 163 Å². The van der Waals surface area contributed by atoms with Crippen molar-refractivity contribution in [3.05, 3.63) is 65.9 Å². The fourth-order valence-electron chi connectivity index (χ4n) is 4.29. The van der Waals surface area contributed by atoms with Crippen molar-refractivity contribution in [1.29, 1.82) is 0 Å². The van der Waals surface area contributed by atoms with Crippen LogP contribution in [0, 0.1) is 17.6 Å². The Labute approximate surface area is 208 Å². The molecule has 0 saturated carbocycles. The van der Waals surface area contributed by atoms with Gasteiger partial charge < -0.3 is 26.2 Å². The lowest BCUT2D eigenvalue weighted by Crippen LogP contribution is -2.40. The molecule has 2 aliphatic heterocycles. The van der Waals surface area contributed by atoms with Crippen LogP contribution in [0.25, 0.3) is 0 Å². The quantitative estimate of drug-likeness (QED) is 0.510. The van der Waals surface area contributed by atoms with Gasteiger partial charge in [-0.25, -0.2) is 33.7 Å². The lowest BCUT2D eigenvalue weighted by molar-refractivity contribution is 0.102. The summed E-state index contributed by atoms with van der Waals surface area (Å²) in [4.78, 5) is 35.3. The molecule has 14 heteroatoms. The highest BCUT2D eigenvalue weighted by Gasteiger charge is 2.52. The second-order valence-corrected chi connectivity index (χ2v) is 9.10. The van der Waals surface area contributed by atoms with Gasteiger partial charge in [0.25, 0.3) is 5.91 Å². The number of anilines is 2. The molecule has 5 rings (SSSR count). The van der Waals surface area contributed by atoms with Gasteiger partial charge in [-0.15, -0.1) is 0 Å². The summed E-state index contributed by atoms with van der Waals surface area (Å²) in [5, 5.41) is 3.06. The average molecular weight is 517 g/mol. The molecule has 0 bridgehead atoms. The van der Waals surface area contributed by atoms with Gasteiger partial charge in [0, 0.05) is 29.5 Å². The number of fused-ring (bicyclic) bond motifs is 1. The number of amides is 1. The van der Waals surface area contributed by atoms with Crippen LogP contribution >= 0.6 is 11.8 Å². The van der Waals surface area contributed by atoms with E-state index in [1.165, 1.54) is 43.4 Å². The van der Waals surface area contributed by atoms with Gasteiger partial charge in [0.15, 0.2) is 11.0 Å². The van der Waals surface area contributed by atoms with Crippen LogP contribution in [0.2, 0.25) is 0 Å². The predicted molar refractivity (Wildman–Crippen MR) is 130 cm³/mol. The number of aliphatic imine (C=N–C) groups is 1. The van der Waals surface area contributed by atoms with E-state index in [1.54, 1.807) is 6.07 Å². The van der Waals surface area contributed by atoms with Gasteiger partial charge in [-0.2, -0.15) is 0 Å². The summed E-state index contributed by atoms with van der Waals surface area (Å²) in [7, 11) is 1.45. The van der Waals surface area contributed by atoms with E-state index in [4.69, 9.17) is 15.5 Å². The van der Waals surface area contributed by atoms with Gasteiger partial charge in [0.1, 0.15) is 17.1 Å². The highest BCUT2D eigenvalue weighted by Crippen LogP contribution is 2.47. The number of carbonyl (C=O) groups is 1. The number of carbonyl (C=O) groups excluding carboxylic acids is 1. The van der Waals surface area contributed by atoms with Crippen LogP contribution in [-0.2, 0) is 5.54 Å². The fourth-order valence-corrected chi connectivity index (χ4v) is 5.27. The van der Waals surface area contributed by atoms with E-state index in [-0.39, 0.29) is 35.1 Å². The SMILES string of the molecule is COc1cnc(C(=O)Nc2ccc(F)c([C@]34CN(c5ncc(F)cn5)C[C@H]3CSC(N)=N4)c2)cn1.O. The number of thioether (sulfide) groups is 1. The summed E-state index contributed by atoms with van der Waals surface area (Å²) in [6.45, 7) is 0.718. The molecule has 2 aliphatic rings. The Hall–Kier alpha value is -3.91. The van der Waals surface area contributed by atoms with E-state index < -0.39 is 23.1 Å². The molecule has 0 unspecified atom stereocenters. The highest BCUT2D eigenvalue weighted by atomic mass is 32.2. The summed E-state index contributed by atoms with van der Waals surface area (Å²) in [5.74, 6) is -0.469. The Morgan fingerprint density at radius 3 is 2.67 bits per heavy atom. The molecule has 0 radical (unpaired) electrons. The Morgan fingerprint density at radius 2 is 1.97 bits per heavy atom. The number of nitrogens with zero attached hydrogens (tertiary/aromatic N) is 6. The lowest BCUT2D eigenvalue weighted by atomic mass is 9.81. The van der Waals surface area contributed by atoms with E-state index in [0.29, 0.717) is 29.1 Å². The van der Waals surface area contributed by atoms with Crippen molar-refractivity contribution >= 4 is 34.5 Å². The molecular formula is C22H22F2N8O3S. The van der Waals surface area contributed by atoms with E-state index >= 15 is 4.39 Å². The average Bonchev–Trinajstić information content (AvgIpc) is 3.25. The first-order valence-corrected chi connectivity index (χ1v) is 11.5. The van der Waals surface area contributed by atoms with Crippen LogP contribution in [0.1, 0.15) is 16.1 Å². The number of hydrogen-bond acceptors (Lipinski definition) is 10. The molecular weight excluding hydrogens is 494 g/mol. The monoisotopic (exact) mass is 516 g/mol. The summed E-state index contributed by atoms with van der Waals surface area (Å²) in [5.41, 5.74) is 5.77. The molecule has 3 aromatic rings. The summed E-state index contributed by atoms with van der Waals surface area (Å²) < 4.78 is 33.6. The van der Waals surface area contributed by atoms with Gasteiger partial charge in [0.05, 0.1) is 38.4 Å². The van der Waals surface area contributed by atoms with Crippen molar-refractivity contribution in [2.45, 2.75) is 5.54 Å². The molecule has 2 aromatic heterocycles. The zero-order chi connectivity index (χ0) is 24.6. The normalized spacial score (nSPS) is 20.7. The first kappa shape index (κ1) is 25.2. The minimum Gasteiger partial charge on any atom is -0.480 e. The lowest BCUT2D eigenvalue weighted by Gasteiger charge is -2.35. The minimum atomic E-state index is -1.03. The molecule has 5 N–H and O–H groups in total. The number of hydrogen-bond donors (Lipinski definition) is 2. The summed E-state index contributed by atoms with van der Waals surface area (Å²) in [6.07, 6.45) is 4.79. The first-order chi connectivity index (χ1) is 16.9. The van der Waals surface area contributed by atoms with E-state index in [9.17, 15) is 9.18 Å². The molecule has 11 nitrogen and oxygen atoms in total. The van der Waals surface area contributed by atoms with E-state index in [0.717, 1.165) is 12.4 Å². The number of aromatic nitrogens is 4. The number of nitrogens with two attached hydrogens (primary N) is 1. The number of ether oxygens (including phenoxy) is 1. The number of methoxy groups -OCH3 is 1. The van der Waals surface area contributed by atoms with Gasteiger partial charge in [0.2, 0.25) is 11.8 Å². The molecule has 1 aromatic carbocycles. The highest BCUT2D eigenvalue weighted by molar-refractivity contribution is 8.13. The maximum absolute atomic E-state index is 15.3. The van der Waals surface area contributed by atoms with Crippen LogP contribution in [0.4, 0.5) is 20.4 Å². The molecule has 0 spiro atoms. The third-order valence-corrected chi connectivity index (χ3v) is 6.90. The van der Waals surface area contributed by atoms with E-state index in [1.807, 2.05) is 4.90 Å². The second-order valence-electron chi connectivity index (χ2n) is 8.06. The standard InChI is InChI=1S/C22H20F2N8O2S.H2O/c1-34-18-8-26-17(7-27-18)19(33)30-14-2-3-16(24)15(4-14)22-11-32(21-28-5-13(23)6-29-21)9-12(22)10-35-20(25)31-22;/h2-8,12H,9-11H2,1H3,(H2,25,31)(H,30,33);1H2/t12-,22-;/m0./s1. The molecule has 188 valence electrons. The second kappa shape index (κ2) is 9.99. The number of amidine groups is 1. The summed E-state index contributed by atoms with van der Waals surface area (Å²) in [6, 6.07) is 4.29. The van der Waals surface area contributed by atoms with Crippen LogP contribution in [0.15, 0.2) is 48.0 Å². The third kappa shape index (κ3) is 4.64. The van der Waals surface area contributed by atoms with Crippen molar-refractivity contribution in [3.8, 4) is 5.88 Å². The largest absolute Gasteiger partial charge is 0.480 e. The van der Waals surface area contributed by atoms with E-state index in [2.05, 4.69) is 25.3 Å². The first-order valence-electron chi connectivity index (χ1n) is 10.6. The van der Waals surface area contributed by atoms with Gasteiger partial charge >= 0.3 is 0 Å². The molecule has 2 atom stereocenters. The molecule has 36 heavy (non-hydrogen) atoms. The molecule has 1 amide bonds. The van der Waals surface area contributed by atoms with Crippen LogP contribution in [0.5, 0.6) is 5.88 Å². The van der Waals surface area contributed by atoms with Crippen LogP contribution in [-0.4, -0.2) is 62.4 Å². The fraction of sp³-hybridized carbons (Fsp3) is 0.273. The van der Waals surface area contributed by atoms with Crippen molar-refractivity contribution in [1.82, 2.24) is 19.9 Å². The smallest absolute Gasteiger partial charge is 0.275 e. The molecule has 1 saturated heterocycles. The molecule has 1 fully saturated rings. The number of nitrogens with one attached hydrogen (secondary N) is 1. The van der Waals surface area contributed by atoms with Crippen molar-refractivity contribution in [2.24, 2.45) is 16.6 Å². The Kier molecular flexibility index (Phi) is 6.99. The maximum atomic E-state index is 15.3. The predicted octanol–water partition coefficient (Wildman–Crippen LogP) is 1.37. The van der Waals surface area contributed by atoms with Crippen LogP contribution in [0.3, 0.4) is 0 Å². The van der Waals surface area contributed by atoms with Crippen molar-refractivity contribution < 1.29 is 23.8 Å². The van der Waals surface area contributed by atoms with Crippen LogP contribution < -0.4 is 20.7 Å². The van der Waals surface area contributed by atoms with Gasteiger partial charge in [-0.1, -0.05) is 11.8 Å². The van der Waals surface area contributed by atoms with Gasteiger partial charge in [-0.05, 0) is 18.2 Å². The minimum absolute atomic E-state index is 0. The number of rotatable bonds is 5. The zero-order valence-electron chi connectivity index (χ0n) is 19.0. The number of halogens is 2. The molecule has 0 aliphatic carbocycles. The Balaban J connectivity index is 0.00000304. The third-order valence-electron chi connectivity index (χ3n) is 5.94. The molecule has 4 heterocycles. The Bertz CT molecular complexity index is 1300.